The predicted octanol–water partition coefficient (Wildman–Crippen LogP) is 3.61. The molecule has 0 aliphatic carbocycles. The minimum Gasteiger partial charge on any atom is -0.383 e. The van der Waals surface area contributed by atoms with E-state index in [0.29, 0.717) is 12.3 Å². The number of methoxy groups -OCH3 is 1. The van der Waals surface area contributed by atoms with Gasteiger partial charge in [-0.1, -0.05) is 44.2 Å². The first kappa shape index (κ1) is 21.6. The van der Waals surface area contributed by atoms with E-state index in [1.165, 1.54) is 0 Å². The lowest BCUT2D eigenvalue weighted by Crippen LogP contribution is -2.47. The molecule has 0 saturated carbocycles. The Hall–Kier alpha value is -3.12. The van der Waals surface area contributed by atoms with Crippen molar-refractivity contribution < 1.29 is 14.3 Å². The lowest BCUT2D eigenvalue weighted by Gasteiger charge is -2.22. The van der Waals surface area contributed by atoms with E-state index in [4.69, 9.17) is 4.74 Å². The third-order valence-corrected chi connectivity index (χ3v) is 5.05. The van der Waals surface area contributed by atoms with Crippen molar-refractivity contribution in [2.45, 2.75) is 32.9 Å². The molecule has 1 heterocycles. The van der Waals surface area contributed by atoms with Gasteiger partial charge in [0.25, 0.3) is 0 Å². The van der Waals surface area contributed by atoms with Gasteiger partial charge < -0.3 is 19.9 Å². The molecule has 158 valence electrons. The Kier molecular flexibility index (Phi) is 7.25. The minimum absolute atomic E-state index is 0.0384. The molecule has 0 bridgehead atoms. The maximum absolute atomic E-state index is 12.9. The number of nitrogens with one attached hydrogen (secondary N) is 2. The smallest absolute Gasteiger partial charge is 0.247 e. The van der Waals surface area contributed by atoms with E-state index < -0.39 is 6.04 Å². The lowest BCUT2D eigenvalue weighted by atomic mass is 10.0. The number of aromatic nitrogens is 1. The molecule has 1 aromatic heterocycles. The Labute approximate surface area is 177 Å². The second-order valence-corrected chi connectivity index (χ2v) is 7.72. The van der Waals surface area contributed by atoms with Gasteiger partial charge in [-0.2, -0.15) is 0 Å². The fourth-order valence-corrected chi connectivity index (χ4v) is 3.42. The highest BCUT2D eigenvalue weighted by Crippen LogP contribution is 2.21. The lowest BCUT2D eigenvalue weighted by molar-refractivity contribution is -0.127. The number of rotatable bonds is 9. The van der Waals surface area contributed by atoms with Crippen molar-refractivity contribution in [2.75, 3.05) is 19.0 Å². The van der Waals surface area contributed by atoms with E-state index in [0.717, 1.165) is 23.0 Å². The zero-order valence-corrected chi connectivity index (χ0v) is 17.7. The van der Waals surface area contributed by atoms with Crippen LogP contribution >= 0.6 is 0 Å². The van der Waals surface area contributed by atoms with Crippen LogP contribution in [-0.4, -0.2) is 36.1 Å². The summed E-state index contributed by atoms with van der Waals surface area (Å²) in [6.45, 7) is 5.26. The summed E-state index contributed by atoms with van der Waals surface area (Å²) in [5.74, 6) is -0.422. The number of nitrogens with zero attached hydrogens (tertiary/aromatic N) is 1. The number of amides is 2. The summed E-state index contributed by atoms with van der Waals surface area (Å²) in [5.41, 5.74) is 2.71. The Bertz CT molecular complexity index is 995. The average molecular weight is 408 g/mol. The largest absolute Gasteiger partial charge is 0.383 e. The van der Waals surface area contributed by atoms with Gasteiger partial charge in [-0.05, 0) is 35.7 Å². The van der Waals surface area contributed by atoms with Gasteiger partial charge in [-0.3, -0.25) is 9.59 Å². The molecule has 2 N–H and O–H groups in total. The van der Waals surface area contributed by atoms with Gasteiger partial charge >= 0.3 is 0 Å². The Morgan fingerprint density at radius 3 is 2.53 bits per heavy atom. The molecule has 0 aliphatic heterocycles. The van der Waals surface area contributed by atoms with Crippen LogP contribution in [0, 0.1) is 5.92 Å². The normalized spacial score (nSPS) is 12.1. The quantitative estimate of drug-likeness (QED) is 0.569. The number of anilines is 1. The second kappa shape index (κ2) is 10.1. The molecule has 3 aromatic rings. The summed E-state index contributed by atoms with van der Waals surface area (Å²) < 4.78 is 7.26. The molecule has 6 heteroatoms. The zero-order valence-electron chi connectivity index (χ0n) is 17.7. The topological polar surface area (TPSA) is 72.4 Å². The number of carbonyl (C=O) groups is 2. The fourth-order valence-electron chi connectivity index (χ4n) is 3.42. The van der Waals surface area contributed by atoms with E-state index in [-0.39, 0.29) is 24.2 Å². The molecule has 0 radical (unpaired) electrons. The van der Waals surface area contributed by atoms with Gasteiger partial charge in [0.15, 0.2) is 0 Å². The molecule has 3 rings (SSSR count). The number of benzene rings is 2. The van der Waals surface area contributed by atoms with Crippen molar-refractivity contribution in [3.05, 3.63) is 66.4 Å². The number of hydrogen-bond acceptors (Lipinski definition) is 3. The standard InChI is InChI=1S/C24H29N3O3/c1-17(2)23(26-22(28)15-18-7-5-4-6-8-18)24(29)25-20-9-10-21-19(16-20)11-12-27(21)13-14-30-3/h4-12,16-17,23H,13-15H2,1-3H3,(H,25,29)(H,26,28). The summed E-state index contributed by atoms with van der Waals surface area (Å²) in [6, 6.07) is 16.7. The van der Waals surface area contributed by atoms with E-state index >= 15 is 0 Å². The van der Waals surface area contributed by atoms with E-state index in [1.54, 1.807) is 7.11 Å². The zero-order chi connectivity index (χ0) is 21.5. The number of hydrogen-bond donors (Lipinski definition) is 2. The highest BCUT2D eigenvalue weighted by Gasteiger charge is 2.24. The maximum atomic E-state index is 12.9. The Morgan fingerprint density at radius 1 is 1.07 bits per heavy atom. The molecule has 1 atom stereocenters. The molecule has 0 fully saturated rings. The first-order chi connectivity index (χ1) is 14.5. The van der Waals surface area contributed by atoms with E-state index in [9.17, 15) is 9.59 Å². The number of ether oxygens (including phenoxy) is 1. The van der Waals surface area contributed by atoms with Gasteiger partial charge in [0.1, 0.15) is 6.04 Å². The molecule has 0 saturated heterocycles. The summed E-state index contributed by atoms with van der Waals surface area (Å²) in [5, 5.41) is 6.87. The van der Waals surface area contributed by atoms with Crippen LogP contribution in [0.2, 0.25) is 0 Å². The van der Waals surface area contributed by atoms with Crippen molar-refractivity contribution >= 4 is 28.4 Å². The molecule has 1 unspecified atom stereocenters. The van der Waals surface area contributed by atoms with Gasteiger partial charge in [0.05, 0.1) is 13.0 Å². The van der Waals surface area contributed by atoms with Crippen molar-refractivity contribution in [2.24, 2.45) is 5.92 Å². The number of carbonyl (C=O) groups excluding carboxylic acids is 2. The van der Waals surface area contributed by atoms with Crippen LogP contribution in [0.4, 0.5) is 5.69 Å². The molecular formula is C24H29N3O3. The van der Waals surface area contributed by atoms with Gasteiger partial charge in [0, 0.05) is 36.4 Å². The van der Waals surface area contributed by atoms with Crippen LogP contribution in [0.15, 0.2) is 60.8 Å². The maximum Gasteiger partial charge on any atom is 0.247 e. The first-order valence-electron chi connectivity index (χ1n) is 10.2. The Morgan fingerprint density at radius 2 is 1.83 bits per heavy atom. The molecule has 2 amide bonds. The van der Waals surface area contributed by atoms with E-state index in [1.807, 2.05) is 74.6 Å². The highest BCUT2D eigenvalue weighted by molar-refractivity contribution is 5.99. The van der Waals surface area contributed by atoms with Crippen LogP contribution in [0.5, 0.6) is 0 Å². The predicted molar refractivity (Wildman–Crippen MR) is 119 cm³/mol. The summed E-state index contributed by atoms with van der Waals surface area (Å²) in [6.07, 6.45) is 2.26. The molecule has 0 spiro atoms. The molecule has 6 nitrogen and oxygen atoms in total. The highest BCUT2D eigenvalue weighted by atomic mass is 16.5. The first-order valence-corrected chi connectivity index (χ1v) is 10.2. The van der Waals surface area contributed by atoms with Gasteiger partial charge in [-0.15, -0.1) is 0 Å². The minimum atomic E-state index is -0.608. The summed E-state index contributed by atoms with van der Waals surface area (Å²) in [7, 11) is 1.68. The van der Waals surface area contributed by atoms with Crippen LogP contribution in [-0.2, 0) is 27.3 Å². The van der Waals surface area contributed by atoms with Crippen molar-refractivity contribution in [1.82, 2.24) is 9.88 Å². The van der Waals surface area contributed by atoms with Crippen molar-refractivity contribution in [3.8, 4) is 0 Å². The van der Waals surface area contributed by atoms with Crippen LogP contribution < -0.4 is 10.6 Å². The van der Waals surface area contributed by atoms with Crippen molar-refractivity contribution in [1.29, 1.82) is 0 Å². The Balaban J connectivity index is 1.66. The molecular weight excluding hydrogens is 378 g/mol. The monoisotopic (exact) mass is 407 g/mol. The van der Waals surface area contributed by atoms with Crippen LogP contribution in [0.25, 0.3) is 10.9 Å². The van der Waals surface area contributed by atoms with E-state index in [2.05, 4.69) is 15.2 Å². The molecule has 30 heavy (non-hydrogen) atoms. The van der Waals surface area contributed by atoms with Crippen molar-refractivity contribution in [3.63, 3.8) is 0 Å². The van der Waals surface area contributed by atoms with Crippen LogP contribution in [0.3, 0.4) is 0 Å². The summed E-state index contributed by atoms with van der Waals surface area (Å²) >= 11 is 0. The second-order valence-electron chi connectivity index (χ2n) is 7.72. The van der Waals surface area contributed by atoms with Gasteiger partial charge in [-0.25, -0.2) is 0 Å². The third-order valence-electron chi connectivity index (χ3n) is 5.05. The molecule has 0 aliphatic rings. The fraction of sp³-hybridized carbons (Fsp3) is 0.333. The van der Waals surface area contributed by atoms with Crippen LogP contribution in [0.1, 0.15) is 19.4 Å². The summed E-state index contributed by atoms with van der Waals surface area (Å²) in [4.78, 5) is 25.3. The van der Waals surface area contributed by atoms with Gasteiger partial charge in [0.2, 0.25) is 11.8 Å². The average Bonchev–Trinajstić information content (AvgIpc) is 3.13. The molecule has 2 aromatic carbocycles. The third kappa shape index (κ3) is 5.48. The SMILES string of the molecule is COCCn1ccc2cc(NC(=O)C(NC(=O)Cc3ccccc3)C(C)C)ccc21. The number of fused-ring (bicyclic) bond motifs is 1.